The second-order valence-electron chi connectivity index (χ2n) is 7.67. The zero-order valence-corrected chi connectivity index (χ0v) is 17.9. The molecule has 1 heterocycles. The predicted octanol–water partition coefficient (Wildman–Crippen LogP) is 4.40. The van der Waals surface area contributed by atoms with Gasteiger partial charge in [0.25, 0.3) is 5.91 Å². The molecular formula is C20H31Cl2N3O2. The number of carbonyl (C=O) groups is 2. The number of benzene rings is 1. The van der Waals surface area contributed by atoms with Crippen LogP contribution in [0.25, 0.3) is 0 Å². The Morgan fingerprint density at radius 1 is 1.26 bits per heavy atom. The first-order valence-electron chi connectivity index (χ1n) is 9.43. The van der Waals surface area contributed by atoms with Crippen molar-refractivity contribution >= 4 is 41.5 Å². The molecule has 152 valence electrons. The number of amides is 2. The van der Waals surface area contributed by atoms with Crippen LogP contribution in [0.1, 0.15) is 63.2 Å². The van der Waals surface area contributed by atoms with Crippen LogP contribution < -0.4 is 16.0 Å². The SMILES string of the molecule is CCC(C)(C)NC(=O)c1ccc(NC(=O)CCC2CCNCC2)cc1Cl.Cl. The van der Waals surface area contributed by atoms with Gasteiger partial charge >= 0.3 is 0 Å². The summed E-state index contributed by atoms with van der Waals surface area (Å²) in [6, 6.07) is 5.02. The number of nitrogens with one attached hydrogen (secondary N) is 3. The van der Waals surface area contributed by atoms with E-state index in [2.05, 4.69) is 16.0 Å². The van der Waals surface area contributed by atoms with Crippen molar-refractivity contribution in [1.29, 1.82) is 0 Å². The summed E-state index contributed by atoms with van der Waals surface area (Å²) in [6.45, 7) is 8.04. The summed E-state index contributed by atoms with van der Waals surface area (Å²) < 4.78 is 0. The summed E-state index contributed by atoms with van der Waals surface area (Å²) in [5.74, 6) is 0.410. The van der Waals surface area contributed by atoms with Gasteiger partial charge in [0.2, 0.25) is 5.91 Å². The predicted molar refractivity (Wildman–Crippen MR) is 114 cm³/mol. The number of anilines is 1. The third-order valence-electron chi connectivity index (χ3n) is 5.07. The van der Waals surface area contributed by atoms with Crippen molar-refractivity contribution in [2.75, 3.05) is 18.4 Å². The van der Waals surface area contributed by atoms with E-state index in [9.17, 15) is 9.59 Å². The first-order chi connectivity index (χ1) is 12.3. The van der Waals surface area contributed by atoms with Crippen molar-refractivity contribution < 1.29 is 9.59 Å². The average Bonchev–Trinajstić information content (AvgIpc) is 2.60. The molecule has 2 rings (SSSR count). The summed E-state index contributed by atoms with van der Waals surface area (Å²) >= 11 is 6.26. The molecule has 7 heteroatoms. The lowest BCUT2D eigenvalue weighted by molar-refractivity contribution is -0.116. The van der Waals surface area contributed by atoms with Gasteiger partial charge in [-0.25, -0.2) is 0 Å². The molecule has 1 saturated heterocycles. The van der Waals surface area contributed by atoms with Crippen LogP contribution >= 0.6 is 24.0 Å². The molecule has 0 spiro atoms. The fraction of sp³-hybridized carbons (Fsp3) is 0.600. The molecular weight excluding hydrogens is 385 g/mol. The molecule has 0 atom stereocenters. The van der Waals surface area contributed by atoms with Crippen LogP contribution in [-0.4, -0.2) is 30.4 Å². The number of hydrogen-bond donors (Lipinski definition) is 3. The Bertz CT molecular complexity index is 644. The highest BCUT2D eigenvalue weighted by Crippen LogP contribution is 2.23. The molecule has 3 N–H and O–H groups in total. The van der Waals surface area contributed by atoms with E-state index in [1.54, 1.807) is 18.2 Å². The molecule has 0 unspecified atom stereocenters. The van der Waals surface area contributed by atoms with E-state index >= 15 is 0 Å². The molecule has 1 aliphatic rings. The van der Waals surface area contributed by atoms with Gasteiger partial charge in [-0.2, -0.15) is 0 Å². The zero-order chi connectivity index (χ0) is 19.2. The highest BCUT2D eigenvalue weighted by atomic mass is 35.5. The number of piperidine rings is 1. The van der Waals surface area contributed by atoms with E-state index in [4.69, 9.17) is 11.6 Å². The first kappa shape index (κ1) is 23.7. The summed E-state index contributed by atoms with van der Waals surface area (Å²) in [7, 11) is 0. The lowest BCUT2D eigenvalue weighted by atomic mass is 9.93. The van der Waals surface area contributed by atoms with Crippen LogP contribution in [0.4, 0.5) is 5.69 Å². The maximum absolute atomic E-state index is 12.4. The third kappa shape index (κ3) is 7.68. The van der Waals surface area contributed by atoms with E-state index < -0.39 is 0 Å². The molecule has 0 bridgehead atoms. The van der Waals surface area contributed by atoms with Gasteiger partial charge in [-0.05, 0) is 76.7 Å². The molecule has 27 heavy (non-hydrogen) atoms. The maximum Gasteiger partial charge on any atom is 0.253 e. The molecule has 0 saturated carbocycles. The lowest BCUT2D eigenvalue weighted by Crippen LogP contribution is -2.42. The van der Waals surface area contributed by atoms with Crippen LogP contribution in [0.15, 0.2) is 18.2 Å². The van der Waals surface area contributed by atoms with Crippen LogP contribution in [-0.2, 0) is 4.79 Å². The number of halogens is 2. The molecule has 0 aliphatic carbocycles. The van der Waals surface area contributed by atoms with E-state index in [-0.39, 0.29) is 29.8 Å². The topological polar surface area (TPSA) is 70.2 Å². The van der Waals surface area contributed by atoms with Crippen molar-refractivity contribution in [3.8, 4) is 0 Å². The van der Waals surface area contributed by atoms with Crippen LogP contribution in [0.2, 0.25) is 5.02 Å². The van der Waals surface area contributed by atoms with E-state index in [0.29, 0.717) is 28.6 Å². The minimum atomic E-state index is -0.290. The van der Waals surface area contributed by atoms with Gasteiger partial charge in [0.15, 0.2) is 0 Å². The van der Waals surface area contributed by atoms with Crippen molar-refractivity contribution in [1.82, 2.24) is 10.6 Å². The van der Waals surface area contributed by atoms with Gasteiger partial charge in [-0.15, -0.1) is 12.4 Å². The van der Waals surface area contributed by atoms with Crippen LogP contribution in [0.5, 0.6) is 0 Å². The normalized spacial score (nSPS) is 15.0. The van der Waals surface area contributed by atoms with E-state index in [1.807, 2.05) is 20.8 Å². The summed E-state index contributed by atoms with van der Waals surface area (Å²) in [5.41, 5.74) is 0.750. The zero-order valence-electron chi connectivity index (χ0n) is 16.4. The lowest BCUT2D eigenvalue weighted by Gasteiger charge is -2.24. The largest absolute Gasteiger partial charge is 0.347 e. The molecule has 2 amide bonds. The highest BCUT2D eigenvalue weighted by molar-refractivity contribution is 6.34. The van der Waals surface area contributed by atoms with Gasteiger partial charge in [0.05, 0.1) is 10.6 Å². The number of rotatable bonds is 7. The molecule has 1 fully saturated rings. The fourth-order valence-electron chi connectivity index (χ4n) is 2.97. The maximum atomic E-state index is 12.4. The van der Waals surface area contributed by atoms with E-state index in [0.717, 1.165) is 38.8 Å². The van der Waals surface area contributed by atoms with Crippen molar-refractivity contribution in [2.45, 2.75) is 58.4 Å². The van der Waals surface area contributed by atoms with Gasteiger partial charge in [-0.1, -0.05) is 18.5 Å². The Kier molecular flexibility index (Phi) is 9.57. The second kappa shape index (κ2) is 10.9. The van der Waals surface area contributed by atoms with E-state index in [1.165, 1.54) is 0 Å². The minimum absolute atomic E-state index is 0. The Labute approximate surface area is 173 Å². The number of carbonyl (C=O) groups excluding carboxylic acids is 2. The quantitative estimate of drug-likeness (QED) is 0.617. The van der Waals surface area contributed by atoms with Gasteiger partial charge < -0.3 is 16.0 Å². The molecule has 0 aromatic heterocycles. The monoisotopic (exact) mass is 415 g/mol. The van der Waals surface area contributed by atoms with Crippen LogP contribution in [0, 0.1) is 5.92 Å². The molecule has 1 aromatic carbocycles. The van der Waals surface area contributed by atoms with Gasteiger partial charge in [0.1, 0.15) is 0 Å². The minimum Gasteiger partial charge on any atom is -0.347 e. The van der Waals surface area contributed by atoms with Gasteiger partial charge in [-0.3, -0.25) is 9.59 Å². The Balaban J connectivity index is 0.00000364. The number of hydrogen-bond acceptors (Lipinski definition) is 3. The fourth-order valence-corrected chi connectivity index (χ4v) is 3.24. The molecule has 1 aliphatic heterocycles. The Morgan fingerprint density at radius 2 is 1.93 bits per heavy atom. The third-order valence-corrected chi connectivity index (χ3v) is 5.38. The van der Waals surface area contributed by atoms with Gasteiger partial charge in [0, 0.05) is 17.6 Å². The second-order valence-corrected chi connectivity index (χ2v) is 8.07. The first-order valence-corrected chi connectivity index (χ1v) is 9.81. The summed E-state index contributed by atoms with van der Waals surface area (Å²) in [4.78, 5) is 24.5. The molecule has 1 aromatic rings. The summed E-state index contributed by atoms with van der Waals surface area (Å²) in [6.07, 6.45) is 4.51. The molecule has 0 radical (unpaired) electrons. The molecule has 5 nitrogen and oxygen atoms in total. The standard InChI is InChI=1S/C20H30ClN3O2.ClH/c1-4-20(2,3)24-19(26)16-7-6-15(13-17(16)21)23-18(25)8-5-14-9-11-22-12-10-14;/h6-7,13-14,22H,4-5,8-12H2,1-3H3,(H,23,25)(H,24,26);1H. The Morgan fingerprint density at radius 3 is 2.52 bits per heavy atom. The summed E-state index contributed by atoms with van der Waals surface area (Å²) in [5, 5.41) is 9.51. The average molecular weight is 416 g/mol. The van der Waals surface area contributed by atoms with Crippen LogP contribution in [0.3, 0.4) is 0 Å². The smallest absolute Gasteiger partial charge is 0.253 e. The highest BCUT2D eigenvalue weighted by Gasteiger charge is 2.21. The van der Waals surface area contributed by atoms with Crippen molar-refractivity contribution in [2.24, 2.45) is 5.92 Å². The Hall–Kier alpha value is -1.30. The van der Waals surface area contributed by atoms with Crippen molar-refractivity contribution in [3.63, 3.8) is 0 Å². The van der Waals surface area contributed by atoms with Crippen molar-refractivity contribution in [3.05, 3.63) is 28.8 Å².